The monoisotopic (exact) mass is 402 g/mol. The summed E-state index contributed by atoms with van der Waals surface area (Å²) >= 11 is 1.41. The van der Waals surface area contributed by atoms with Gasteiger partial charge in [0, 0.05) is 9.79 Å². The fraction of sp³-hybridized carbons (Fsp3) is 0.130. The SMILES string of the molecule is N#Cc1ccccc1Sc1ccccc1C(=O)NC[C@@H]1COc2ccccc2O1. The lowest BCUT2D eigenvalue weighted by Gasteiger charge is -2.26. The molecular formula is C23H18N2O3S. The van der Waals surface area contributed by atoms with Crippen LogP contribution in [-0.4, -0.2) is 25.2 Å². The molecule has 3 aromatic rings. The van der Waals surface area contributed by atoms with Crippen molar-refractivity contribution < 1.29 is 14.3 Å². The van der Waals surface area contributed by atoms with Gasteiger partial charge in [0.25, 0.3) is 5.91 Å². The predicted molar refractivity (Wildman–Crippen MR) is 110 cm³/mol. The first-order valence-electron chi connectivity index (χ1n) is 9.17. The van der Waals surface area contributed by atoms with Crippen molar-refractivity contribution in [1.29, 1.82) is 5.26 Å². The topological polar surface area (TPSA) is 71.4 Å². The van der Waals surface area contributed by atoms with Crippen LogP contribution in [0.25, 0.3) is 0 Å². The lowest BCUT2D eigenvalue weighted by Crippen LogP contribution is -2.40. The first-order chi connectivity index (χ1) is 14.2. The van der Waals surface area contributed by atoms with Gasteiger partial charge in [-0.25, -0.2) is 0 Å². The maximum atomic E-state index is 12.8. The van der Waals surface area contributed by atoms with Gasteiger partial charge < -0.3 is 14.8 Å². The lowest BCUT2D eigenvalue weighted by atomic mass is 10.2. The summed E-state index contributed by atoms with van der Waals surface area (Å²) in [6.45, 7) is 0.712. The summed E-state index contributed by atoms with van der Waals surface area (Å²) in [7, 11) is 0. The van der Waals surface area contributed by atoms with Gasteiger partial charge in [-0.05, 0) is 36.4 Å². The number of amides is 1. The molecule has 0 unspecified atom stereocenters. The van der Waals surface area contributed by atoms with Gasteiger partial charge in [0.05, 0.1) is 17.7 Å². The van der Waals surface area contributed by atoms with Crippen molar-refractivity contribution in [1.82, 2.24) is 5.32 Å². The van der Waals surface area contributed by atoms with Crippen molar-refractivity contribution >= 4 is 17.7 Å². The first kappa shape index (κ1) is 18.9. The Bertz CT molecular complexity index is 1080. The number of fused-ring (bicyclic) bond motifs is 1. The highest BCUT2D eigenvalue weighted by atomic mass is 32.2. The zero-order valence-corrected chi connectivity index (χ0v) is 16.3. The van der Waals surface area contributed by atoms with E-state index in [0.717, 1.165) is 9.79 Å². The fourth-order valence-electron chi connectivity index (χ4n) is 2.98. The number of nitriles is 1. The highest BCUT2D eigenvalue weighted by Crippen LogP contribution is 2.33. The number of para-hydroxylation sites is 2. The van der Waals surface area contributed by atoms with Crippen LogP contribution in [0.4, 0.5) is 0 Å². The second kappa shape index (κ2) is 8.72. The third-order valence-electron chi connectivity index (χ3n) is 4.42. The van der Waals surface area contributed by atoms with E-state index in [1.807, 2.05) is 60.7 Å². The van der Waals surface area contributed by atoms with Crippen LogP contribution >= 0.6 is 11.8 Å². The van der Waals surface area contributed by atoms with Crippen LogP contribution in [-0.2, 0) is 0 Å². The molecular weight excluding hydrogens is 384 g/mol. The molecule has 29 heavy (non-hydrogen) atoms. The highest BCUT2D eigenvalue weighted by molar-refractivity contribution is 7.99. The van der Waals surface area contributed by atoms with Crippen molar-refractivity contribution in [2.75, 3.05) is 13.2 Å². The minimum Gasteiger partial charge on any atom is -0.486 e. The van der Waals surface area contributed by atoms with Gasteiger partial charge in [-0.15, -0.1) is 0 Å². The number of nitrogens with zero attached hydrogens (tertiary/aromatic N) is 1. The van der Waals surface area contributed by atoms with E-state index < -0.39 is 0 Å². The van der Waals surface area contributed by atoms with Crippen molar-refractivity contribution in [3.8, 4) is 17.6 Å². The van der Waals surface area contributed by atoms with Crippen LogP contribution in [0.1, 0.15) is 15.9 Å². The number of benzene rings is 3. The number of rotatable bonds is 5. The quantitative estimate of drug-likeness (QED) is 0.690. The fourth-order valence-corrected chi connectivity index (χ4v) is 4.00. The van der Waals surface area contributed by atoms with Crippen LogP contribution in [0.3, 0.4) is 0 Å². The van der Waals surface area contributed by atoms with Crippen LogP contribution in [0.5, 0.6) is 11.5 Å². The summed E-state index contributed by atoms with van der Waals surface area (Å²) in [6, 6.07) is 24.4. The van der Waals surface area contributed by atoms with E-state index in [9.17, 15) is 10.1 Å². The maximum absolute atomic E-state index is 12.8. The van der Waals surface area contributed by atoms with Crippen molar-refractivity contribution in [3.05, 3.63) is 83.9 Å². The van der Waals surface area contributed by atoms with Crippen LogP contribution in [0, 0.1) is 11.3 Å². The Morgan fingerprint density at radius 1 is 1.00 bits per heavy atom. The predicted octanol–water partition coefficient (Wildman–Crippen LogP) is 4.28. The Labute approximate surface area is 173 Å². The molecule has 0 radical (unpaired) electrons. The van der Waals surface area contributed by atoms with Crippen molar-refractivity contribution in [2.24, 2.45) is 0 Å². The van der Waals surface area contributed by atoms with E-state index in [-0.39, 0.29) is 12.0 Å². The van der Waals surface area contributed by atoms with E-state index in [0.29, 0.717) is 35.8 Å². The minimum absolute atomic E-state index is 0.190. The zero-order chi connectivity index (χ0) is 20.1. The van der Waals surface area contributed by atoms with Gasteiger partial charge in [0.1, 0.15) is 18.8 Å². The first-order valence-corrected chi connectivity index (χ1v) is 9.99. The minimum atomic E-state index is -0.256. The molecule has 3 aromatic carbocycles. The van der Waals surface area contributed by atoms with Crippen LogP contribution < -0.4 is 14.8 Å². The molecule has 1 heterocycles. The van der Waals surface area contributed by atoms with Gasteiger partial charge in [0.2, 0.25) is 0 Å². The van der Waals surface area contributed by atoms with E-state index in [2.05, 4.69) is 11.4 Å². The largest absolute Gasteiger partial charge is 0.486 e. The third kappa shape index (κ3) is 4.36. The molecule has 0 fully saturated rings. The number of nitrogens with one attached hydrogen (secondary N) is 1. The molecule has 0 spiro atoms. The molecule has 4 rings (SSSR count). The highest BCUT2D eigenvalue weighted by Gasteiger charge is 2.22. The van der Waals surface area contributed by atoms with E-state index in [1.165, 1.54) is 11.8 Å². The molecule has 0 bridgehead atoms. The molecule has 0 saturated heterocycles. The van der Waals surface area contributed by atoms with Gasteiger partial charge in [-0.3, -0.25) is 4.79 Å². The molecule has 1 atom stereocenters. The molecule has 1 amide bonds. The normalized spacial score (nSPS) is 14.7. The Kier molecular flexibility index (Phi) is 5.68. The second-order valence-electron chi connectivity index (χ2n) is 6.41. The van der Waals surface area contributed by atoms with E-state index in [4.69, 9.17) is 9.47 Å². The van der Waals surface area contributed by atoms with Crippen LogP contribution in [0.15, 0.2) is 82.6 Å². The Balaban J connectivity index is 1.44. The van der Waals surface area contributed by atoms with Gasteiger partial charge in [-0.1, -0.05) is 48.2 Å². The van der Waals surface area contributed by atoms with Crippen LogP contribution in [0.2, 0.25) is 0 Å². The molecule has 0 aromatic heterocycles. The Hall–Kier alpha value is -3.43. The Morgan fingerprint density at radius 2 is 1.69 bits per heavy atom. The summed E-state index contributed by atoms with van der Waals surface area (Å²) in [6.07, 6.45) is -0.256. The summed E-state index contributed by atoms with van der Waals surface area (Å²) in [5.74, 6) is 1.21. The molecule has 1 aliphatic heterocycles. The number of hydrogen-bond donors (Lipinski definition) is 1. The molecule has 6 heteroatoms. The van der Waals surface area contributed by atoms with E-state index >= 15 is 0 Å². The zero-order valence-electron chi connectivity index (χ0n) is 15.5. The maximum Gasteiger partial charge on any atom is 0.252 e. The van der Waals surface area contributed by atoms with Gasteiger partial charge in [0.15, 0.2) is 11.5 Å². The summed E-state index contributed by atoms with van der Waals surface area (Å²) in [4.78, 5) is 14.4. The summed E-state index contributed by atoms with van der Waals surface area (Å²) in [5.41, 5.74) is 1.14. The lowest BCUT2D eigenvalue weighted by molar-refractivity contribution is 0.0787. The summed E-state index contributed by atoms with van der Waals surface area (Å²) < 4.78 is 11.6. The molecule has 5 nitrogen and oxygen atoms in total. The molecule has 1 aliphatic rings. The number of hydrogen-bond acceptors (Lipinski definition) is 5. The molecule has 144 valence electrons. The number of ether oxygens (including phenoxy) is 2. The average molecular weight is 402 g/mol. The standard InChI is InChI=1S/C23H18N2O3S/c24-13-16-7-1-5-11-21(16)29-22-12-6-2-8-18(22)23(26)25-14-17-15-27-19-9-3-4-10-20(19)28-17/h1-12,17H,14-15H2,(H,25,26)/t17-/m1/s1. The van der Waals surface area contributed by atoms with Crippen molar-refractivity contribution in [3.63, 3.8) is 0 Å². The molecule has 0 aliphatic carbocycles. The summed E-state index contributed by atoms with van der Waals surface area (Å²) in [5, 5.41) is 12.2. The molecule has 1 N–H and O–H groups in total. The second-order valence-corrected chi connectivity index (χ2v) is 7.50. The van der Waals surface area contributed by atoms with E-state index in [1.54, 1.807) is 12.1 Å². The van der Waals surface area contributed by atoms with Crippen molar-refractivity contribution in [2.45, 2.75) is 15.9 Å². The molecule has 0 saturated carbocycles. The average Bonchev–Trinajstić information content (AvgIpc) is 2.78. The number of carbonyl (C=O) groups excluding carboxylic acids is 1. The van der Waals surface area contributed by atoms with Gasteiger partial charge >= 0.3 is 0 Å². The smallest absolute Gasteiger partial charge is 0.252 e. The third-order valence-corrected chi connectivity index (χ3v) is 5.57. The van der Waals surface area contributed by atoms with Gasteiger partial charge in [-0.2, -0.15) is 5.26 Å². The Morgan fingerprint density at radius 3 is 2.52 bits per heavy atom. The number of carbonyl (C=O) groups is 1.